The Kier molecular flexibility index (Phi) is 4.39. The maximum Gasteiger partial charge on any atom is 0.207 e. The van der Waals surface area contributed by atoms with Crippen molar-refractivity contribution >= 4 is 33.5 Å². The number of benzene rings is 3. The smallest absolute Gasteiger partial charge is 0.207 e. The average molecular weight is 424 g/mol. The first-order valence-corrected chi connectivity index (χ1v) is 10.2. The maximum absolute atomic E-state index is 9.41. The number of pyridine rings is 1. The Hall–Kier alpha value is -3.88. The average Bonchev–Trinajstić information content (AvgIpc) is 3.05. The summed E-state index contributed by atoms with van der Waals surface area (Å²) in [6.07, 6.45) is 1.80. The van der Waals surface area contributed by atoms with Gasteiger partial charge in [-0.3, -0.25) is 15.0 Å². The van der Waals surface area contributed by atoms with Crippen LogP contribution in [-0.2, 0) is 7.05 Å². The van der Waals surface area contributed by atoms with E-state index in [4.69, 9.17) is 17.0 Å². The van der Waals surface area contributed by atoms with E-state index in [-0.39, 0.29) is 0 Å². The number of halogens is 1. The van der Waals surface area contributed by atoms with Crippen LogP contribution >= 0.6 is 11.6 Å². The molecule has 1 N–H and O–H groups in total. The quantitative estimate of drug-likeness (QED) is 0.407. The van der Waals surface area contributed by atoms with E-state index < -0.39 is 0 Å². The lowest BCUT2D eigenvalue weighted by atomic mass is 10.0. The molecule has 6 heteroatoms. The molecule has 0 atom stereocenters. The zero-order valence-corrected chi connectivity index (χ0v) is 17.8. The van der Waals surface area contributed by atoms with Crippen molar-refractivity contribution in [3.63, 3.8) is 0 Å². The third-order valence-electron chi connectivity index (χ3n) is 5.70. The molecule has 0 aliphatic heterocycles. The molecule has 150 valence electrons. The van der Waals surface area contributed by atoms with Gasteiger partial charge in [0.25, 0.3) is 0 Å². The monoisotopic (exact) mass is 423 g/mol. The molecule has 0 aliphatic rings. The summed E-state index contributed by atoms with van der Waals surface area (Å²) in [5.74, 6) is 0. The summed E-state index contributed by atoms with van der Waals surface area (Å²) in [4.78, 5) is 4.63. The maximum atomic E-state index is 9.41. The third-order valence-corrected chi connectivity index (χ3v) is 6.03. The van der Waals surface area contributed by atoms with Crippen LogP contribution in [-0.4, -0.2) is 14.1 Å². The Bertz CT molecular complexity index is 1600. The largest absolute Gasteiger partial charge is 0.312 e. The van der Waals surface area contributed by atoms with E-state index in [0.29, 0.717) is 16.2 Å². The minimum atomic E-state index is 0.311. The van der Waals surface area contributed by atoms with Crippen LogP contribution in [0.4, 0.5) is 0 Å². The minimum absolute atomic E-state index is 0.311. The van der Waals surface area contributed by atoms with Crippen LogP contribution in [0.2, 0.25) is 5.02 Å². The Morgan fingerprint density at radius 2 is 1.87 bits per heavy atom. The highest BCUT2D eigenvalue weighted by molar-refractivity contribution is 6.33. The van der Waals surface area contributed by atoms with E-state index in [1.807, 2.05) is 71.6 Å². The van der Waals surface area contributed by atoms with Gasteiger partial charge in [-0.1, -0.05) is 41.9 Å². The van der Waals surface area contributed by atoms with Gasteiger partial charge in [0, 0.05) is 23.0 Å². The number of aryl methyl sites for hydroxylation is 2. The zero-order valence-electron chi connectivity index (χ0n) is 17.0. The fourth-order valence-corrected chi connectivity index (χ4v) is 4.28. The fourth-order valence-electron chi connectivity index (χ4n) is 4.04. The molecule has 5 aromatic rings. The van der Waals surface area contributed by atoms with Gasteiger partial charge in [-0.25, -0.2) is 0 Å². The van der Waals surface area contributed by atoms with Crippen LogP contribution in [0.5, 0.6) is 0 Å². The Balaban J connectivity index is 1.92. The van der Waals surface area contributed by atoms with Crippen LogP contribution in [0.3, 0.4) is 0 Å². The first-order valence-electron chi connectivity index (χ1n) is 9.80. The third kappa shape index (κ3) is 2.92. The summed E-state index contributed by atoms with van der Waals surface area (Å²) in [6, 6.07) is 21.6. The van der Waals surface area contributed by atoms with Gasteiger partial charge < -0.3 is 4.57 Å². The van der Waals surface area contributed by atoms with Crippen molar-refractivity contribution in [3.05, 3.63) is 88.6 Å². The lowest BCUT2D eigenvalue weighted by Crippen LogP contribution is -2.21. The number of hydrogen-bond donors (Lipinski definition) is 1. The lowest BCUT2D eigenvalue weighted by molar-refractivity contribution is 0.786. The number of nitrogens with zero attached hydrogens (tertiary/aromatic N) is 4. The van der Waals surface area contributed by atoms with Crippen LogP contribution in [0.15, 0.2) is 66.9 Å². The SMILES string of the molecule is Cc1ccc(C#N)cc1-n1c(=N)n(C)c2cnc3ccc(-c4ccccc4Cl)cc3c21. The van der Waals surface area contributed by atoms with Gasteiger partial charge in [0.2, 0.25) is 5.62 Å². The van der Waals surface area contributed by atoms with E-state index in [1.54, 1.807) is 12.3 Å². The summed E-state index contributed by atoms with van der Waals surface area (Å²) in [5.41, 5.74) is 7.14. The molecule has 3 aromatic carbocycles. The van der Waals surface area contributed by atoms with Gasteiger partial charge >= 0.3 is 0 Å². The van der Waals surface area contributed by atoms with Crippen LogP contribution in [0.25, 0.3) is 38.8 Å². The molecule has 0 saturated carbocycles. The molecule has 2 aromatic heterocycles. The van der Waals surface area contributed by atoms with Gasteiger partial charge in [0.05, 0.1) is 40.1 Å². The number of nitriles is 1. The van der Waals surface area contributed by atoms with Gasteiger partial charge in [-0.15, -0.1) is 0 Å². The number of nitrogens with one attached hydrogen (secondary N) is 1. The van der Waals surface area contributed by atoms with Crippen LogP contribution < -0.4 is 5.62 Å². The second-order valence-electron chi connectivity index (χ2n) is 7.53. The van der Waals surface area contributed by atoms with E-state index in [0.717, 1.165) is 44.3 Å². The molecular weight excluding hydrogens is 406 g/mol. The van der Waals surface area contributed by atoms with E-state index in [9.17, 15) is 5.26 Å². The van der Waals surface area contributed by atoms with E-state index >= 15 is 0 Å². The summed E-state index contributed by atoms with van der Waals surface area (Å²) >= 11 is 6.45. The molecule has 0 saturated heterocycles. The van der Waals surface area contributed by atoms with Crippen LogP contribution in [0.1, 0.15) is 11.1 Å². The second-order valence-corrected chi connectivity index (χ2v) is 7.94. The summed E-state index contributed by atoms with van der Waals surface area (Å²) in [6.45, 7) is 1.99. The topological polar surface area (TPSA) is 70.4 Å². The van der Waals surface area contributed by atoms with Crippen LogP contribution in [0, 0.1) is 23.7 Å². The molecule has 31 heavy (non-hydrogen) atoms. The highest BCUT2D eigenvalue weighted by Gasteiger charge is 2.17. The summed E-state index contributed by atoms with van der Waals surface area (Å²) in [7, 11) is 1.86. The number of imidazole rings is 1. The van der Waals surface area contributed by atoms with Crippen molar-refractivity contribution in [2.75, 3.05) is 0 Å². The molecule has 0 bridgehead atoms. The molecule has 0 amide bonds. The summed E-state index contributed by atoms with van der Waals surface area (Å²) < 4.78 is 3.70. The molecule has 0 spiro atoms. The van der Waals surface area contributed by atoms with Crippen molar-refractivity contribution in [1.29, 1.82) is 10.7 Å². The van der Waals surface area contributed by atoms with Gasteiger partial charge in [0.1, 0.15) is 0 Å². The highest BCUT2D eigenvalue weighted by Crippen LogP contribution is 2.33. The van der Waals surface area contributed by atoms with Crippen molar-refractivity contribution in [2.45, 2.75) is 6.92 Å². The van der Waals surface area contributed by atoms with Gasteiger partial charge in [-0.05, 0) is 48.4 Å². The molecule has 0 radical (unpaired) electrons. The van der Waals surface area contributed by atoms with Gasteiger partial charge in [0.15, 0.2) is 0 Å². The number of hydrogen-bond acceptors (Lipinski definition) is 3. The molecule has 2 heterocycles. The predicted octanol–water partition coefficient (Wildman–Crippen LogP) is 5.50. The van der Waals surface area contributed by atoms with E-state index in [2.05, 4.69) is 17.1 Å². The van der Waals surface area contributed by atoms with Gasteiger partial charge in [-0.2, -0.15) is 5.26 Å². The van der Waals surface area contributed by atoms with E-state index in [1.165, 1.54) is 0 Å². The minimum Gasteiger partial charge on any atom is -0.312 e. The van der Waals surface area contributed by atoms with Crippen molar-refractivity contribution in [2.24, 2.45) is 7.05 Å². The molecule has 0 aliphatic carbocycles. The molecular formula is C25H18ClN5. The molecule has 5 rings (SSSR count). The number of aromatic nitrogens is 3. The highest BCUT2D eigenvalue weighted by atomic mass is 35.5. The standard InChI is InChI=1S/C25H18ClN5/c1-15-7-8-16(13-27)11-22(15)31-24-19-12-17(18-5-3-4-6-20(18)26)9-10-21(19)29-14-23(24)30(2)25(31)28/h3-12,14,28H,1-2H3. The van der Waals surface area contributed by atoms with Crippen molar-refractivity contribution < 1.29 is 0 Å². The normalized spacial score (nSPS) is 11.2. The Labute approximate surface area is 183 Å². The molecule has 0 fully saturated rings. The molecule has 5 nitrogen and oxygen atoms in total. The van der Waals surface area contributed by atoms with Crippen molar-refractivity contribution in [1.82, 2.24) is 14.1 Å². The first-order chi connectivity index (χ1) is 15.0. The fraction of sp³-hybridized carbons (Fsp3) is 0.0800. The first kappa shape index (κ1) is 19.1. The number of rotatable bonds is 2. The lowest BCUT2D eigenvalue weighted by Gasteiger charge is -2.11. The molecule has 0 unspecified atom stereocenters. The van der Waals surface area contributed by atoms with Crippen molar-refractivity contribution in [3.8, 4) is 22.9 Å². The Morgan fingerprint density at radius 1 is 1.06 bits per heavy atom. The summed E-state index contributed by atoms with van der Waals surface area (Å²) in [5, 5.41) is 19.8. The number of fused-ring (bicyclic) bond motifs is 3. The Morgan fingerprint density at radius 3 is 2.65 bits per heavy atom. The second kappa shape index (κ2) is 7.12. The predicted molar refractivity (Wildman–Crippen MR) is 123 cm³/mol. The zero-order chi connectivity index (χ0) is 21.7.